The van der Waals surface area contributed by atoms with Gasteiger partial charge in [-0.1, -0.05) is 31.2 Å². The van der Waals surface area contributed by atoms with Gasteiger partial charge in [-0.3, -0.25) is 4.79 Å². The summed E-state index contributed by atoms with van der Waals surface area (Å²) in [5, 5.41) is 8.42. The van der Waals surface area contributed by atoms with E-state index < -0.39 is 11.7 Å². The van der Waals surface area contributed by atoms with E-state index >= 15 is 0 Å². The van der Waals surface area contributed by atoms with Crippen LogP contribution in [-0.2, 0) is 12.6 Å². The van der Waals surface area contributed by atoms with Gasteiger partial charge in [0.15, 0.2) is 0 Å². The number of halogens is 3. The third-order valence-corrected chi connectivity index (χ3v) is 5.94. The van der Waals surface area contributed by atoms with E-state index in [4.69, 9.17) is 4.74 Å². The number of amides is 1. The predicted molar refractivity (Wildman–Crippen MR) is 123 cm³/mol. The molecule has 3 aromatic rings. The number of benzene rings is 2. The van der Waals surface area contributed by atoms with Crippen molar-refractivity contribution in [2.24, 2.45) is 0 Å². The number of nitrogens with one attached hydrogen (secondary N) is 3. The Balaban J connectivity index is 1.64. The van der Waals surface area contributed by atoms with E-state index in [0.717, 1.165) is 17.3 Å². The maximum absolute atomic E-state index is 13.7. The zero-order valence-corrected chi connectivity index (χ0v) is 18.8. The van der Waals surface area contributed by atoms with E-state index in [2.05, 4.69) is 25.9 Å². The molecule has 7 nitrogen and oxygen atoms in total. The molecule has 0 aliphatic heterocycles. The second-order valence-corrected chi connectivity index (χ2v) is 8.02. The van der Waals surface area contributed by atoms with Gasteiger partial charge in [-0.25, -0.2) is 4.98 Å². The van der Waals surface area contributed by atoms with Crippen LogP contribution in [0.15, 0.2) is 48.7 Å². The number of carbonyl (C=O) groups excluding carboxylic acids is 1. The number of alkyl halides is 3. The van der Waals surface area contributed by atoms with Crippen molar-refractivity contribution < 1.29 is 22.7 Å². The summed E-state index contributed by atoms with van der Waals surface area (Å²) in [4.78, 5) is 19.9. The molecule has 1 heterocycles. The summed E-state index contributed by atoms with van der Waals surface area (Å²) in [5.41, 5.74) is 2.05. The quantitative estimate of drug-likeness (QED) is 0.481. The molecule has 1 amide bonds. The van der Waals surface area contributed by atoms with E-state index in [9.17, 15) is 18.0 Å². The first-order valence-corrected chi connectivity index (χ1v) is 10.7. The van der Waals surface area contributed by atoms with Gasteiger partial charge in [0.1, 0.15) is 17.1 Å². The fourth-order valence-electron chi connectivity index (χ4n) is 4.11. The number of anilines is 3. The second kappa shape index (κ2) is 9.20. The number of hydrogen-bond acceptors (Lipinski definition) is 6. The molecular formula is C24H24F3N5O2. The normalized spacial score (nSPS) is 17.1. The molecule has 2 aromatic carbocycles. The van der Waals surface area contributed by atoms with Gasteiger partial charge in [0, 0.05) is 30.8 Å². The Kier molecular flexibility index (Phi) is 6.32. The van der Waals surface area contributed by atoms with Crippen molar-refractivity contribution in [3.63, 3.8) is 0 Å². The Bertz CT molecular complexity index is 1220. The molecule has 1 aromatic heterocycles. The Labute approximate surface area is 194 Å². The van der Waals surface area contributed by atoms with Gasteiger partial charge in [0.2, 0.25) is 5.95 Å². The molecule has 0 spiro atoms. The summed E-state index contributed by atoms with van der Waals surface area (Å²) < 4.78 is 46.5. The lowest BCUT2D eigenvalue weighted by Gasteiger charge is -2.22. The zero-order valence-electron chi connectivity index (χ0n) is 18.8. The summed E-state index contributed by atoms with van der Waals surface area (Å²) in [6.07, 6.45) is -3.27. The second-order valence-electron chi connectivity index (χ2n) is 8.02. The average molecular weight is 471 g/mol. The van der Waals surface area contributed by atoms with Crippen molar-refractivity contribution in [3.8, 4) is 5.75 Å². The van der Waals surface area contributed by atoms with Crippen LogP contribution in [0.3, 0.4) is 0 Å². The molecule has 10 heteroatoms. The third-order valence-electron chi connectivity index (χ3n) is 5.94. The molecule has 0 saturated heterocycles. The number of rotatable bonds is 6. The SMILES string of the molecule is CNC(=O)c1ccc(Nc2ncc(C(F)(F)F)c(N[C@@H]3Cc4ccccc4[C@H]3C)n2)c(OC)c1. The average Bonchev–Trinajstić information content (AvgIpc) is 3.13. The molecule has 1 aliphatic rings. The van der Waals surface area contributed by atoms with Crippen LogP contribution in [-0.4, -0.2) is 36.1 Å². The zero-order chi connectivity index (χ0) is 24.5. The van der Waals surface area contributed by atoms with Crippen molar-refractivity contribution in [1.29, 1.82) is 0 Å². The predicted octanol–water partition coefficient (Wildman–Crippen LogP) is 4.75. The van der Waals surface area contributed by atoms with Gasteiger partial charge in [-0.05, 0) is 35.7 Å². The molecule has 0 bridgehead atoms. The smallest absolute Gasteiger partial charge is 0.421 e. The molecule has 2 atom stereocenters. The molecule has 3 N–H and O–H groups in total. The molecule has 0 radical (unpaired) electrons. The highest BCUT2D eigenvalue weighted by molar-refractivity contribution is 5.95. The lowest BCUT2D eigenvalue weighted by molar-refractivity contribution is -0.137. The minimum atomic E-state index is -4.62. The van der Waals surface area contributed by atoms with Crippen molar-refractivity contribution in [1.82, 2.24) is 15.3 Å². The van der Waals surface area contributed by atoms with Crippen LogP contribution in [0.4, 0.5) is 30.6 Å². The molecule has 4 rings (SSSR count). The van der Waals surface area contributed by atoms with Crippen LogP contribution in [0, 0.1) is 0 Å². The van der Waals surface area contributed by atoms with Crippen molar-refractivity contribution >= 4 is 23.4 Å². The number of methoxy groups -OCH3 is 1. The van der Waals surface area contributed by atoms with E-state index in [1.807, 2.05) is 31.2 Å². The van der Waals surface area contributed by atoms with Crippen LogP contribution < -0.4 is 20.7 Å². The van der Waals surface area contributed by atoms with E-state index in [1.165, 1.54) is 20.2 Å². The Morgan fingerprint density at radius 2 is 1.94 bits per heavy atom. The minimum absolute atomic E-state index is 0.0148. The molecule has 0 fully saturated rings. The third kappa shape index (κ3) is 4.61. The highest BCUT2D eigenvalue weighted by atomic mass is 19.4. The Morgan fingerprint density at radius 1 is 1.18 bits per heavy atom. The summed E-state index contributed by atoms with van der Waals surface area (Å²) in [6.45, 7) is 1.98. The fraction of sp³-hybridized carbons (Fsp3) is 0.292. The van der Waals surface area contributed by atoms with E-state index in [0.29, 0.717) is 23.4 Å². The highest BCUT2D eigenvalue weighted by Gasteiger charge is 2.37. The highest BCUT2D eigenvalue weighted by Crippen LogP contribution is 2.39. The maximum atomic E-state index is 13.7. The van der Waals surface area contributed by atoms with E-state index in [-0.39, 0.29) is 29.6 Å². The van der Waals surface area contributed by atoms with Crippen LogP contribution in [0.1, 0.15) is 39.9 Å². The monoisotopic (exact) mass is 471 g/mol. The number of aromatic nitrogens is 2. The topological polar surface area (TPSA) is 88.2 Å². The van der Waals surface area contributed by atoms with Gasteiger partial charge in [0.25, 0.3) is 5.91 Å². The Hall–Kier alpha value is -3.82. The number of ether oxygens (including phenoxy) is 1. The van der Waals surface area contributed by atoms with Crippen LogP contribution in [0.25, 0.3) is 0 Å². The molecular weight excluding hydrogens is 447 g/mol. The first-order chi connectivity index (χ1) is 16.2. The van der Waals surface area contributed by atoms with Gasteiger partial charge < -0.3 is 20.7 Å². The van der Waals surface area contributed by atoms with Crippen LogP contribution >= 0.6 is 0 Å². The van der Waals surface area contributed by atoms with Gasteiger partial charge in [-0.15, -0.1) is 0 Å². The molecule has 178 valence electrons. The summed E-state index contributed by atoms with van der Waals surface area (Å²) in [7, 11) is 2.93. The van der Waals surface area contributed by atoms with Crippen LogP contribution in [0.2, 0.25) is 0 Å². The van der Waals surface area contributed by atoms with Gasteiger partial charge in [-0.2, -0.15) is 18.2 Å². The van der Waals surface area contributed by atoms with E-state index in [1.54, 1.807) is 12.1 Å². The van der Waals surface area contributed by atoms with Crippen LogP contribution in [0.5, 0.6) is 5.75 Å². The summed E-state index contributed by atoms with van der Waals surface area (Å²) in [6, 6.07) is 12.2. The molecule has 1 aliphatic carbocycles. The number of hydrogen-bond donors (Lipinski definition) is 3. The largest absolute Gasteiger partial charge is 0.495 e. The van der Waals surface area contributed by atoms with Crippen molar-refractivity contribution in [2.75, 3.05) is 24.8 Å². The number of nitrogens with zero attached hydrogens (tertiary/aromatic N) is 2. The lowest BCUT2D eigenvalue weighted by Crippen LogP contribution is -2.26. The first kappa shape index (κ1) is 23.3. The number of fused-ring (bicyclic) bond motifs is 1. The van der Waals surface area contributed by atoms with Crippen molar-refractivity contribution in [3.05, 3.63) is 70.9 Å². The molecule has 0 saturated carbocycles. The fourth-order valence-corrected chi connectivity index (χ4v) is 4.11. The lowest BCUT2D eigenvalue weighted by atomic mass is 10.0. The Morgan fingerprint density at radius 3 is 2.62 bits per heavy atom. The summed E-state index contributed by atoms with van der Waals surface area (Å²) >= 11 is 0. The molecule has 0 unspecified atom stereocenters. The van der Waals surface area contributed by atoms with Gasteiger partial charge in [0.05, 0.1) is 12.8 Å². The minimum Gasteiger partial charge on any atom is -0.495 e. The first-order valence-electron chi connectivity index (χ1n) is 10.7. The standard InChI is InChI=1S/C24H24F3N5O2/c1-13-16-7-5-4-6-14(16)10-19(13)30-21-17(24(25,26)27)12-29-23(32-21)31-18-9-8-15(22(33)28-2)11-20(18)34-3/h4-9,11-13,19H,10H2,1-3H3,(H,28,33)(H2,29,30,31,32)/t13-,19-/m1/s1. The summed E-state index contributed by atoms with van der Waals surface area (Å²) in [5.74, 6) is -0.297. The van der Waals surface area contributed by atoms with Crippen molar-refractivity contribution in [2.45, 2.75) is 31.5 Å². The van der Waals surface area contributed by atoms with Gasteiger partial charge >= 0.3 is 6.18 Å². The maximum Gasteiger partial charge on any atom is 0.421 e. The molecule has 34 heavy (non-hydrogen) atoms. The number of carbonyl (C=O) groups is 1.